The second-order valence-electron chi connectivity index (χ2n) is 7.39. The standard InChI is InChI=1S/C22H25N5O/c1-14-5-4-6-19(15(14)2)16(3)25-22-20-11-18(8-7-17(20)12-24-26-22)27-10-9-23-21(28)13-27/h4-8,11-12,16H,9-10,13H2,1-3H3,(H,23,28)(H,25,26)/t16-/m1/s1. The summed E-state index contributed by atoms with van der Waals surface area (Å²) in [6.07, 6.45) is 1.77. The molecule has 0 unspecified atom stereocenters. The van der Waals surface area contributed by atoms with Gasteiger partial charge in [-0.1, -0.05) is 24.3 Å². The van der Waals surface area contributed by atoms with Crippen LogP contribution in [0.15, 0.2) is 42.6 Å². The van der Waals surface area contributed by atoms with E-state index in [1.807, 2.05) is 12.1 Å². The minimum Gasteiger partial charge on any atom is -0.362 e. The fourth-order valence-electron chi connectivity index (χ4n) is 3.75. The molecule has 0 radical (unpaired) electrons. The molecule has 6 heteroatoms. The van der Waals surface area contributed by atoms with Gasteiger partial charge >= 0.3 is 0 Å². The number of rotatable bonds is 4. The molecule has 1 amide bonds. The van der Waals surface area contributed by atoms with E-state index in [1.54, 1.807) is 6.20 Å². The first-order valence-corrected chi connectivity index (χ1v) is 9.62. The van der Waals surface area contributed by atoms with Crippen molar-refractivity contribution >= 4 is 28.2 Å². The molecule has 1 aliphatic rings. The number of nitrogens with zero attached hydrogens (tertiary/aromatic N) is 3. The fourth-order valence-corrected chi connectivity index (χ4v) is 3.75. The zero-order chi connectivity index (χ0) is 19.7. The molecule has 0 bridgehead atoms. The minimum atomic E-state index is 0.0566. The minimum absolute atomic E-state index is 0.0566. The highest BCUT2D eigenvalue weighted by Crippen LogP contribution is 2.29. The molecule has 4 rings (SSSR count). The van der Waals surface area contributed by atoms with Gasteiger partial charge in [0.25, 0.3) is 0 Å². The molecule has 0 aliphatic carbocycles. The quantitative estimate of drug-likeness (QED) is 0.732. The maximum Gasteiger partial charge on any atom is 0.239 e. The fraction of sp³-hybridized carbons (Fsp3) is 0.318. The van der Waals surface area contributed by atoms with Crippen LogP contribution in [-0.2, 0) is 4.79 Å². The highest BCUT2D eigenvalue weighted by atomic mass is 16.2. The van der Waals surface area contributed by atoms with Gasteiger partial charge in [0, 0.05) is 29.5 Å². The number of hydrogen-bond donors (Lipinski definition) is 2. The Bertz CT molecular complexity index is 1030. The predicted octanol–water partition coefficient (Wildman–Crippen LogP) is 3.36. The van der Waals surface area contributed by atoms with Crippen LogP contribution in [0.2, 0.25) is 0 Å². The highest BCUT2D eigenvalue weighted by molar-refractivity contribution is 5.94. The molecule has 0 spiro atoms. The van der Waals surface area contributed by atoms with E-state index < -0.39 is 0 Å². The number of aromatic nitrogens is 2. The summed E-state index contributed by atoms with van der Waals surface area (Å²) in [6.45, 7) is 8.27. The summed E-state index contributed by atoms with van der Waals surface area (Å²) < 4.78 is 0. The molecule has 1 aromatic heterocycles. The number of amides is 1. The molecule has 1 fully saturated rings. The summed E-state index contributed by atoms with van der Waals surface area (Å²) in [6, 6.07) is 12.6. The van der Waals surface area contributed by atoms with E-state index in [2.05, 4.69) is 70.8 Å². The van der Waals surface area contributed by atoms with E-state index in [9.17, 15) is 4.79 Å². The SMILES string of the molecule is Cc1cccc([C@@H](C)Nc2nncc3ccc(N4CCNC(=O)C4)cc23)c1C. The van der Waals surface area contributed by atoms with Gasteiger partial charge in [-0.2, -0.15) is 5.10 Å². The van der Waals surface area contributed by atoms with Crippen LogP contribution in [0.5, 0.6) is 0 Å². The maximum atomic E-state index is 11.8. The lowest BCUT2D eigenvalue weighted by atomic mass is 9.98. The highest BCUT2D eigenvalue weighted by Gasteiger charge is 2.18. The normalized spacial score (nSPS) is 15.4. The van der Waals surface area contributed by atoms with E-state index in [-0.39, 0.29) is 11.9 Å². The first kappa shape index (κ1) is 18.2. The number of nitrogens with one attached hydrogen (secondary N) is 2. The zero-order valence-electron chi connectivity index (χ0n) is 16.5. The van der Waals surface area contributed by atoms with E-state index in [0.717, 1.165) is 28.8 Å². The average Bonchev–Trinajstić information content (AvgIpc) is 2.70. The number of carbonyl (C=O) groups excluding carboxylic acids is 1. The lowest BCUT2D eigenvalue weighted by Gasteiger charge is -2.29. The van der Waals surface area contributed by atoms with Crippen molar-refractivity contribution in [1.82, 2.24) is 15.5 Å². The van der Waals surface area contributed by atoms with Gasteiger partial charge in [-0.25, -0.2) is 0 Å². The van der Waals surface area contributed by atoms with Crippen LogP contribution in [0.25, 0.3) is 10.8 Å². The Balaban J connectivity index is 1.67. The number of benzene rings is 2. The van der Waals surface area contributed by atoms with Crippen LogP contribution in [0.4, 0.5) is 11.5 Å². The summed E-state index contributed by atoms with van der Waals surface area (Å²) in [5, 5.41) is 17.0. The number of hydrogen-bond acceptors (Lipinski definition) is 5. The van der Waals surface area contributed by atoms with Crippen molar-refractivity contribution < 1.29 is 4.79 Å². The number of fused-ring (bicyclic) bond motifs is 1. The Morgan fingerprint density at radius 2 is 2.07 bits per heavy atom. The first-order valence-electron chi connectivity index (χ1n) is 9.62. The molecule has 28 heavy (non-hydrogen) atoms. The van der Waals surface area contributed by atoms with Gasteiger partial charge in [-0.15, -0.1) is 5.10 Å². The second kappa shape index (κ2) is 7.46. The van der Waals surface area contributed by atoms with Gasteiger partial charge in [-0.3, -0.25) is 4.79 Å². The van der Waals surface area contributed by atoms with E-state index in [1.165, 1.54) is 16.7 Å². The van der Waals surface area contributed by atoms with E-state index in [0.29, 0.717) is 13.1 Å². The molecule has 6 nitrogen and oxygen atoms in total. The molecule has 0 saturated carbocycles. The monoisotopic (exact) mass is 375 g/mol. The first-order chi connectivity index (χ1) is 13.5. The summed E-state index contributed by atoms with van der Waals surface area (Å²) >= 11 is 0. The Morgan fingerprint density at radius 3 is 2.89 bits per heavy atom. The molecular weight excluding hydrogens is 350 g/mol. The number of carbonyl (C=O) groups is 1. The molecule has 3 aromatic rings. The second-order valence-corrected chi connectivity index (χ2v) is 7.39. The van der Waals surface area contributed by atoms with Gasteiger partial charge in [-0.05, 0) is 49.6 Å². The molecule has 144 valence electrons. The lowest BCUT2D eigenvalue weighted by molar-refractivity contribution is -0.120. The van der Waals surface area contributed by atoms with Gasteiger partial charge in [0.2, 0.25) is 5.91 Å². The summed E-state index contributed by atoms with van der Waals surface area (Å²) in [7, 11) is 0. The van der Waals surface area contributed by atoms with Crippen molar-refractivity contribution in [2.24, 2.45) is 0 Å². The number of aryl methyl sites for hydroxylation is 1. The Kier molecular flexibility index (Phi) is 4.86. The van der Waals surface area contributed by atoms with Gasteiger partial charge < -0.3 is 15.5 Å². The summed E-state index contributed by atoms with van der Waals surface area (Å²) in [5.41, 5.74) is 4.84. The molecule has 1 saturated heterocycles. The Morgan fingerprint density at radius 1 is 1.21 bits per heavy atom. The number of piperazine rings is 1. The van der Waals surface area contributed by atoms with Crippen molar-refractivity contribution in [3.05, 3.63) is 59.3 Å². The van der Waals surface area contributed by atoms with Crippen LogP contribution in [-0.4, -0.2) is 35.7 Å². The molecule has 1 aliphatic heterocycles. The van der Waals surface area contributed by atoms with E-state index >= 15 is 0 Å². The van der Waals surface area contributed by atoms with Gasteiger partial charge in [0.1, 0.15) is 0 Å². The van der Waals surface area contributed by atoms with Crippen LogP contribution in [0, 0.1) is 13.8 Å². The summed E-state index contributed by atoms with van der Waals surface area (Å²) in [5.74, 6) is 0.815. The van der Waals surface area contributed by atoms with Crippen molar-refractivity contribution in [3.63, 3.8) is 0 Å². The molecular formula is C22H25N5O. The van der Waals surface area contributed by atoms with Crippen LogP contribution >= 0.6 is 0 Å². The molecule has 2 N–H and O–H groups in total. The summed E-state index contributed by atoms with van der Waals surface area (Å²) in [4.78, 5) is 13.8. The topological polar surface area (TPSA) is 70.2 Å². The third-order valence-electron chi connectivity index (χ3n) is 5.52. The van der Waals surface area contributed by atoms with Crippen molar-refractivity contribution in [1.29, 1.82) is 0 Å². The molecule has 2 heterocycles. The largest absolute Gasteiger partial charge is 0.362 e. The van der Waals surface area contributed by atoms with Crippen molar-refractivity contribution in [3.8, 4) is 0 Å². The third-order valence-corrected chi connectivity index (χ3v) is 5.52. The van der Waals surface area contributed by atoms with E-state index in [4.69, 9.17) is 0 Å². The van der Waals surface area contributed by atoms with Crippen LogP contribution in [0.1, 0.15) is 29.7 Å². The molecule has 1 atom stereocenters. The van der Waals surface area contributed by atoms with Crippen molar-refractivity contribution in [2.45, 2.75) is 26.8 Å². The molecule has 2 aromatic carbocycles. The Hall–Kier alpha value is -3.15. The van der Waals surface area contributed by atoms with Gasteiger partial charge in [0.15, 0.2) is 5.82 Å². The van der Waals surface area contributed by atoms with Crippen LogP contribution < -0.4 is 15.5 Å². The van der Waals surface area contributed by atoms with Crippen molar-refractivity contribution in [2.75, 3.05) is 29.9 Å². The average molecular weight is 375 g/mol. The van der Waals surface area contributed by atoms with Crippen LogP contribution in [0.3, 0.4) is 0 Å². The predicted molar refractivity (Wildman–Crippen MR) is 113 cm³/mol. The van der Waals surface area contributed by atoms with Gasteiger partial charge in [0.05, 0.1) is 18.8 Å². The maximum absolute atomic E-state index is 11.8. The number of anilines is 2. The third kappa shape index (κ3) is 3.50. The Labute approximate surface area is 165 Å². The smallest absolute Gasteiger partial charge is 0.239 e. The lowest BCUT2D eigenvalue weighted by Crippen LogP contribution is -2.47. The zero-order valence-corrected chi connectivity index (χ0v) is 16.5.